The Morgan fingerprint density at radius 2 is 2.08 bits per heavy atom. The number of rotatable bonds is 8. The zero-order chi connectivity index (χ0) is 18.9. The minimum atomic E-state index is -0.366. The molecule has 0 radical (unpaired) electrons. The van der Waals surface area contributed by atoms with Crippen LogP contribution in [0.4, 0.5) is 0 Å². The van der Waals surface area contributed by atoms with E-state index in [1.807, 2.05) is 24.3 Å². The van der Waals surface area contributed by atoms with Crippen molar-refractivity contribution in [3.63, 3.8) is 0 Å². The summed E-state index contributed by atoms with van der Waals surface area (Å²) in [6.45, 7) is 0.345. The molecule has 0 saturated carbocycles. The molecule has 2 aromatic rings. The van der Waals surface area contributed by atoms with Crippen LogP contribution in [-0.2, 0) is 22.6 Å². The highest BCUT2D eigenvalue weighted by Gasteiger charge is 2.09. The molecule has 0 saturated heterocycles. The third kappa shape index (κ3) is 6.25. The lowest BCUT2D eigenvalue weighted by Gasteiger charge is -2.07. The van der Waals surface area contributed by atoms with Crippen LogP contribution in [0.15, 0.2) is 40.3 Å². The third-order valence-corrected chi connectivity index (χ3v) is 4.23. The first kappa shape index (κ1) is 19.5. The predicted molar refractivity (Wildman–Crippen MR) is 98.2 cm³/mol. The molecule has 1 aromatic heterocycles. The van der Waals surface area contributed by atoms with Gasteiger partial charge in [-0.05, 0) is 17.7 Å². The van der Waals surface area contributed by atoms with Crippen molar-refractivity contribution < 1.29 is 14.3 Å². The van der Waals surface area contributed by atoms with Gasteiger partial charge in [0.1, 0.15) is 5.75 Å². The van der Waals surface area contributed by atoms with Crippen LogP contribution >= 0.6 is 11.8 Å². The molecule has 26 heavy (non-hydrogen) atoms. The molecule has 0 aliphatic rings. The van der Waals surface area contributed by atoms with Crippen LogP contribution in [0, 0.1) is 0 Å². The first-order valence-electron chi connectivity index (χ1n) is 7.83. The molecule has 8 nitrogen and oxygen atoms in total. The van der Waals surface area contributed by atoms with Crippen molar-refractivity contribution >= 4 is 23.6 Å². The zero-order valence-electron chi connectivity index (χ0n) is 14.5. The number of hydrogen-bond acceptors (Lipinski definition) is 6. The number of benzene rings is 1. The summed E-state index contributed by atoms with van der Waals surface area (Å²) in [6.07, 6.45) is -0.0264. The number of nitrogens with one attached hydrogen (secondary N) is 3. The standard InChI is InChI=1S/C17H20N4O4S/c1-18-16(24)10-26-17-20-12(8-15(23)21-17)7-14(22)19-9-11-4-3-5-13(6-11)25-2/h3-6,8H,7,9-10H2,1-2H3,(H,18,24)(H,19,22)(H,20,21,23). The largest absolute Gasteiger partial charge is 0.497 e. The van der Waals surface area contributed by atoms with Gasteiger partial charge in [-0.1, -0.05) is 23.9 Å². The van der Waals surface area contributed by atoms with E-state index in [2.05, 4.69) is 20.6 Å². The van der Waals surface area contributed by atoms with Crippen LogP contribution < -0.4 is 20.9 Å². The summed E-state index contributed by atoms with van der Waals surface area (Å²) in [5.41, 5.74) is 0.879. The summed E-state index contributed by atoms with van der Waals surface area (Å²) in [6, 6.07) is 8.65. The number of carbonyl (C=O) groups excluding carboxylic acids is 2. The quantitative estimate of drug-likeness (QED) is 0.456. The Hall–Kier alpha value is -2.81. The van der Waals surface area contributed by atoms with Gasteiger partial charge in [-0.15, -0.1) is 0 Å². The van der Waals surface area contributed by atoms with Crippen molar-refractivity contribution in [1.29, 1.82) is 0 Å². The van der Waals surface area contributed by atoms with Gasteiger partial charge in [0.2, 0.25) is 11.8 Å². The molecule has 0 aliphatic carbocycles. The van der Waals surface area contributed by atoms with E-state index in [1.54, 1.807) is 7.11 Å². The molecule has 2 rings (SSSR count). The van der Waals surface area contributed by atoms with Gasteiger partial charge in [0, 0.05) is 19.7 Å². The molecule has 0 atom stereocenters. The van der Waals surface area contributed by atoms with Crippen molar-refractivity contribution in [2.45, 2.75) is 18.1 Å². The van der Waals surface area contributed by atoms with Gasteiger partial charge in [0.05, 0.1) is 25.0 Å². The van der Waals surface area contributed by atoms with Gasteiger partial charge in [-0.25, -0.2) is 4.98 Å². The highest BCUT2D eigenvalue weighted by molar-refractivity contribution is 7.99. The van der Waals surface area contributed by atoms with E-state index >= 15 is 0 Å². The third-order valence-electron chi connectivity index (χ3n) is 3.36. The average Bonchev–Trinajstić information content (AvgIpc) is 2.64. The van der Waals surface area contributed by atoms with Crippen molar-refractivity contribution in [3.8, 4) is 5.75 Å². The summed E-state index contributed by atoms with van der Waals surface area (Å²) in [5, 5.41) is 5.57. The number of ether oxygens (including phenoxy) is 1. The van der Waals surface area contributed by atoms with Crippen molar-refractivity contribution in [1.82, 2.24) is 20.6 Å². The number of H-pyrrole nitrogens is 1. The fourth-order valence-corrected chi connectivity index (χ4v) is 2.83. The minimum Gasteiger partial charge on any atom is -0.497 e. The highest BCUT2D eigenvalue weighted by Crippen LogP contribution is 2.13. The van der Waals surface area contributed by atoms with Crippen molar-refractivity contribution in [3.05, 3.63) is 51.9 Å². The summed E-state index contributed by atoms with van der Waals surface area (Å²) < 4.78 is 5.14. The molecule has 0 aliphatic heterocycles. The van der Waals surface area contributed by atoms with E-state index in [-0.39, 0.29) is 29.5 Å². The van der Waals surface area contributed by atoms with Gasteiger partial charge in [0.25, 0.3) is 5.56 Å². The molecule has 2 amide bonds. The Morgan fingerprint density at radius 1 is 1.27 bits per heavy atom. The lowest BCUT2D eigenvalue weighted by atomic mass is 10.2. The average molecular weight is 376 g/mol. The second-order valence-corrected chi connectivity index (χ2v) is 6.27. The first-order chi connectivity index (χ1) is 12.5. The summed E-state index contributed by atoms with van der Waals surface area (Å²) in [5.74, 6) is 0.406. The molecule has 0 spiro atoms. The number of aromatic amines is 1. The van der Waals surface area contributed by atoms with E-state index in [9.17, 15) is 14.4 Å². The van der Waals surface area contributed by atoms with Crippen LogP contribution in [0.25, 0.3) is 0 Å². The van der Waals surface area contributed by atoms with Gasteiger partial charge in [-0.2, -0.15) is 0 Å². The molecule has 1 aromatic carbocycles. The maximum atomic E-state index is 12.1. The summed E-state index contributed by atoms with van der Waals surface area (Å²) in [4.78, 5) is 41.8. The molecule has 0 bridgehead atoms. The van der Waals surface area contributed by atoms with E-state index in [4.69, 9.17) is 4.74 Å². The molecule has 1 heterocycles. The molecule has 9 heteroatoms. The zero-order valence-corrected chi connectivity index (χ0v) is 15.3. The Bertz CT molecular complexity index is 838. The maximum Gasteiger partial charge on any atom is 0.251 e. The molecular weight excluding hydrogens is 356 g/mol. The SMILES string of the molecule is CNC(=O)CSc1nc(CC(=O)NCc2cccc(OC)c2)cc(=O)[nH]1. The molecule has 0 unspecified atom stereocenters. The van der Waals surface area contributed by atoms with Crippen LogP contribution in [0.1, 0.15) is 11.3 Å². The Labute approximate surface area is 154 Å². The fourth-order valence-electron chi connectivity index (χ4n) is 2.06. The van der Waals surface area contributed by atoms with Crippen molar-refractivity contribution in [2.75, 3.05) is 19.9 Å². The van der Waals surface area contributed by atoms with Gasteiger partial charge in [-0.3, -0.25) is 14.4 Å². The van der Waals surface area contributed by atoms with Crippen LogP contribution in [0.5, 0.6) is 5.75 Å². The number of aromatic nitrogens is 2. The molecule has 0 fully saturated rings. The lowest BCUT2D eigenvalue weighted by molar-refractivity contribution is -0.120. The van der Waals surface area contributed by atoms with E-state index < -0.39 is 0 Å². The number of nitrogens with zero attached hydrogens (tertiary/aromatic N) is 1. The molecule has 3 N–H and O–H groups in total. The monoisotopic (exact) mass is 376 g/mol. The van der Waals surface area contributed by atoms with Crippen LogP contribution in [0.3, 0.4) is 0 Å². The number of carbonyl (C=O) groups is 2. The van der Waals surface area contributed by atoms with Gasteiger partial charge in [0.15, 0.2) is 5.16 Å². The number of amides is 2. The Kier molecular flexibility index (Phi) is 7.22. The van der Waals surface area contributed by atoms with E-state index in [0.717, 1.165) is 17.3 Å². The smallest absolute Gasteiger partial charge is 0.251 e. The Morgan fingerprint density at radius 3 is 2.81 bits per heavy atom. The second kappa shape index (κ2) is 9.62. The summed E-state index contributed by atoms with van der Waals surface area (Å²) in [7, 11) is 3.11. The topological polar surface area (TPSA) is 113 Å². The van der Waals surface area contributed by atoms with Gasteiger partial charge >= 0.3 is 0 Å². The number of methoxy groups -OCH3 is 1. The van der Waals surface area contributed by atoms with Gasteiger partial charge < -0.3 is 20.4 Å². The fraction of sp³-hybridized carbons (Fsp3) is 0.294. The predicted octanol–water partition coefficient (Wildman–Crippen LogP) is 0.475. The minimum absolute atomic E-state index is 0.0264. The normalized spacial score (nSPS) is 10.2. The number of hydrogen-bond donors (Lipinski definition) is 3. The van der Waals surface area contributed by atoms with E-state index in [0.29, 0.717) is 23.1 Å². The van der Waals surface area contributed by atoms with Crippen molar-refractivity contribution in [2.24, 2.45) is 0 Å². The first-order valence-corrected chi connectivity index (χ1v) is 8.82. The molecular formula is C17H20N4O4S. The number of thioether (sulfide) groups is 1. The molecule has 138 valence electrons. The van der Waals surface area contributed by atoms with Crippen LogP contribution in [-0.4, -0.2) is 41.7 Å². The lowest BCUT2D eigenvalue weighted by Crippen LogP contribution is -2.26. The maximum absolute atomic E-state index is 12.1. The van der Waals surface area contributed by atoms with E-state index in [1.165, 1.54) is 13.1 Å². The second-order valence-electron chi connectivity index (χ2n) is 5.31. The summed E-state index contributed by atoms with van der Waals surface area (Å²) >= 11 is 1.10. The Balaban J connectivity index is 1.94. The highest BCUT2D eigenvalue weighted by atomic mass is 32.2. The van der Waals surface area contributed by atoms with Crippen LogP contribution in [0.2, 0.25) is 0 Å².